The molecule has 1 aliphatic rings. The number of methoxy groups -OCH3 is 1. The Labute approximate surface area is 222 Å². The van der Waals surface area contributed by atoms with Crippen LogP contribution in [0.4, 0.5) is 11.4 Å². The van der Waals surface area contributed by atoms with Gasteiger partial charge in [-0.25, -0.2) is 8.42 Å². The van der Waals surface area contributed by atoms with Gasteiger partial charge in [0.15, 0.2) is 0 Å². The number of hydrogen-bond acceptors (Lipinski definition) is 6. The number of ether oxygens (including phenoxy) is 2. The van der Waals surface area contributed by atoms with Crippen LogP contribution >= 0.6 is 0 Å². The molecule has 3 aromatic carbocycles. The lowest BCUT2D eigenvalue weighted by Crippen LogP contribution is -2.38. The molecule has 200 valence electrons. The van der Waals surface area contributed by atoms with Gasteiger partial charge in [0.1, 0.15) is 12.3 Å². The highest BCUT2D eigenvalue weighted by Gasteiger charge is 2.28. The summed E-state index contributed by atoms with van der Waals surface area (Å²) >= 11 is 0. The molecule has 2 amide bonds. The number of amides is 2. The fourth-order valence-corrected chi connectivity index (χ4v) is 5.54. The van der Waals surface area contributed by atoms with E-state index in [2.05, 4.69) is 10.6 Å². The summed E-state index contributed by atoms with van der Waals surface area (Å²) < 4.78 is 39.0. The fraction of sp³-hybridized carbons (Fsp3) is 0.286. The van der Waals surface area contributed by atoms with Gasteiger partial charge in [-0.2, -0.15) is 0 Å². The first-order chi connectivity index (χ1) is 18.3. The molecule has 1 atom stereocenters. The largest absolute Gasteiger partial charge is 0.497 e. The standard InChI is InChI=1S/C28H31N3O6S/c1-20-9-11-21(12-10-20)31(38(34,35)24-15-13-22(36-2)14-16-24)19-27(32)30-26-8-4-3-7-25(26)28(33)29-18-23-6-5-17-37-23/h3-4,7-16,23H,5-6,17-19H2,1-2H3,(H,29,33)(H,30,32)/t23-/m1/s1. The molecule has 4 rings (SSSR count). The van der Waals surface area contributed by atoms with Crippen LogP contribution in [0.3, 0.4) is 0 Å². The Balaban J connectivity index is 1.55. The van der Waals surface area contributed by atoms with E-state index in [1.165, 1.54) is 19.2 Å². The molecule has 38 heavy (non-hydrogen) atoms. The fourth-order valence-electron chi connectivity index (χ4n) is 4.12. The molecule has 10 heteroatoms. The number of rotatable bonds is 10. The predicted molar refractivity (Wildman–Crippen MR) is 145 cm³/mol. The maximum atomic E-state index is 13.6. The topological polar surface area (TPSA) is 114 Å². The molecule has 0 aromatic heterocycles. The second-order valence-corrected chi connectivity index (χ2v) is 10.8. The number of benzene rings is 3. The SMILES string of the molecule is COc1ccc(S(=O)(=O)N(CC(=O)Nc2ccccc2C(=O)NC[C@H]2CCCO2)c2ccc(C)cc2)cc1. The average Bonchev–Trinajstić information content (AvgIpc) is 3.45. The van der Waals surface area contributed by atoms with E-state index in [4.69, 9.17) is 9.47 Å². The minimum Gasteiger partial charge on any atom is -0.497 e. The zero-order chi connectivity index (χ0) is 27.1. The van der Waals surface area contributed by atoms with Crippen molar-refractivity contribution in [2.45, 2.75) is 30.8 Å². The molecule has 2 N–H and O–H groups in total. The highest BCUT2D eigenvalue weighted by Crippen LogP contribution is 2.26. The number of nitrogens with one attached hydrogen (secondary N) is 2. The van der Waals surface area contributed by atoms with Crippen LogP contribution in [0, 0.1) is 6.92 Å². The Morgan fingerprint density at radius 1 is 1.03 bits per heavy atom. The lowest BCUT2D eigenvalue weighted by Gasteiger charge is -2.24. The number of nitrogens with zero attached hydrogens (tertiary/aromatic N) is 1. The first-order valence-electron chi connectivity index (χ1n) is 12.3. The zero-order valence-corrected chi connectivity index (χ0v) is 22.2. The first-order valence-corrected chi connectivity index (χ1v) is 13.7. The van der Waals surface area contributed by atoms with Gasteiger partial charge in [-0.15, -0.1) is 0 Å². The third-order valence-corrected chi connectivity index (χ3v) is 8.00. The van der Waals surface area contributed by atoms with E-state index in [9.17, 15) is 18.0 Å². The smallest absolute Gasteiger partial charge is 0.264 e. The third kappa shape index (κ3) is 6.51. The molecule has 1 saturated heterocycles. The quantitative estimate of drug-likeness (QED) is 0.407. The third-order valence-electron chi connectivity index (χ3n) is 6.22. The van der Waals surface area contributed by atoms with Gasteiger partial charge in [0, 0.05) is 13.2 Å². The van der Waals surface area contributed by atoms with E-state index in [0.717, 1.165) is 22.7 Å². The summed E-state index contributed by atoms with van der Waals surface area (Å²) in [6, 6.07) is 19.4. The van der Waals surface area contributed by atoms with Gasteiger partial charge >= 0.3 is 0 Å². The first kappa shape index (κ1) is 27.2. The van der Waals surface area contributed by atoms with Crippen molar-refractivity contribution in [3.05, 3.63) is 83.9 Å². The van der Waals surface area contributed by atoms with Crippen LogP contribution < -0.4 is 19.7 Å². The highest BCUT2D eigenvalue weighted by atomic mass is 32.2. The van der Waals surface area contributed by atoms with Crippen molar-refractivity contribution in [2.24, 2.45) is 0 Å². The molecule has 0 aliphatic carbocycles. The molecule has 1 aliphatic heterocycles. The summed E-state index contributed by atoms with van der Waals surface area (Å²) in [6.45, 7) is 2.45. The van der Waals surface area contributed by atoms with Gasteiger partial charge < -0.3 is 20.1 Å². The molecule has 3 aromatic rings. The van der Waals surface area contributed by atoms with Crippen molar-refractivity contribution in [1.82, 2.24) is 5.32 Å². The minimum absolute atomic E-state index is 0.0144. The van der Waals surface area contributed by atoms with E-state index >= 15 is 0 Å². The van der Waals surface area contributed by atoms with E-state index in [1.54, 1.807) is 60.7 Å². The van der Waals surface area contributed by atoms with Gasteiger partial charge in [-0.3, -0.25) is 13.9 Å². The maximum absolute atomic E-state index is 13.6. The van der Waals surface area contributed by atoms with Crippen LogP contribution in [-0.2, 0) is 19.6 Å². The van der Waals surface area contributed by atoms with Gasteiger partial charge in [0.25, 0.3) is 15.9 Å². The molecule has 9 nitrogen and oxygen atoms in total. The van der Waals surface area contributed by atoms with Crippen LogP contribution in [0.15, 0.2) is 77.7 Å². The second kappa shape index (κ2) is 12.1. The summed E-state index contributed by atoms with van der Waals surface area (Å²) in [5, 5.41) is 5.57. The van der Waals surface area contributed by atoms with Crippen LogP contribution in [-0.4, -0.2) is 53.1 Å². The lowest BCUT2D eigenvalue weighted by atomic mass is 10.1. The Morgan fingerprint density at radius 3 is 2.39 bits per heavy atom. The molecular weight excluding hydrogens is 506 g/mol. The van der Waals surface area contributed by atoms with Crippen LogP contribution in [0.1, 0.15) is 28.8 Å². The summed E-state index contributed by atoms with van der Waals surface area (Å²) in [5.41, 5.74) is 1.85. The van der Waals surface area contributed by atoms with Crippen molar-refractivity contribution in [3.63, 3.8) is 0 Å². The van der Waals surface area contributed by atoms with Crippen molar-refractivity contribution in [2.75, 3.05) is 36.4 Å². The Bertz CT molecular complexity index is 1370. The minimum atomic E-state index is -4.10. The Morgan fingerprint density at radius 2 is 1.74 bits per heavy atom. The van der Waals surface area contributed by atoms with E-state index in [0.29, 0.717) is 24.6 Å². The number of anilines is 2. The van der Waals surface area contributed by atoms with Crippen LogP contribution in [0.2, 0.25) is 0 Å². The molecule has 0 radical (unpaired) electrons. The Hall–Kier alpha value is -3.89. The molecule has 0 bridgehead atoms. The van der Waals surface area contributed by atoms with E-state index < -0.39 is 22.5 Å². The van der Waals surface area contributed by atoms with E-state index in [-0.39, 0.29) is 28.2 Å². The second-order valence-electron chi connectivity index (χ2n) is 8.96. The molecular formula is C28H31N3O6S. The molecule has 0 spiro atoms. The van der Waals surface area contributed by atoms with Crippen LogP contribution in [0.5, 0.6) is 5.75 Å². The molecule has 0 saturated carbocycles. The number of carbonyl (C=O) groups is 2. The normalized spacial score (nSPS) is 15.1. The summed E-state index contributed by atoms with van der Waals surface area (Å²) in [7, 11) is -2.61. The van der Waals surface area contributed by atoms with Gasteiger partial charge in [0.2, 0.25) is 5.91 Å². The number of hydrogen-bond donors (Lipinski definition) is 2. The Kier molecular flexibility index (Phi) is 8.65. The predicted octanol–water partition coefficient (Wildman–Crippen LogP) is 3.75. The van der Waals surface area contributed by atoms with Crippen molar-refractivity contribution in [1.29, 1.82) is 0 Å². The lowest BCUT2D eigenvalue weighted by molar-refractivity contribution is -0.114. The molecule has 1 heterocycles. The van der Waals surface area contributed by atoms with Gasteiger partial charge in [-0.05, 0) is 68.3 Å². The van der Waals surface area contributed by atoms with Crippen LogP contribution in [0.25, 0.3) is 0 Å². The number of sulfonamides is 1. The van der Waals surface area contributed by atoms with Gasteiger partial charge in [0.05, 0.1) is 35.0 Å². The summed E-state index contributed by atoms with van der Waals surface area (Å²) in [5.74, 6) is -0.433. The summed E-state index contributed by atoms with van der Waals surface area (Å²) in [6.07, 6.45) is 1.83. The number of para-hydroxylation sites is 1. The van der Waals surface area contributed by atoms with Gasteiger partial charge in [-0.1, -0.05) is 29.8 Å². The highest BCUT2D eigenvalue weighted by molar-refractivity contribution is 7.92. The monoisotopic (exact) mass is 537 g/mol. The zero-order valence-electron chi connectivity index (χ0n) is 21.3. The maximum Gasteiger partial charge on any atom is 0.264 e. The van der Waals surface area contributed by atoms with Crippen molar-refractivity contribution in [3.8, 4) is 5.75 Å². The number of carbonyl (C=O) groups excluding carboxylic acids is 2. The van der Waals surface area contributed by atoms with E-state index in [1.807, 2.05) is 6.92 Å². The van der Waals surface area contributed by atoms with Crippen molar-refractivity contribution >= 4 is 33.2 Å². The molecule has 0 unspecified atom stereocenters. The van der Waals surface area contributed by atoms with Crippen molar-refractivity contribution < 1.29 is 27.5 Å². The number of aryl methyl sites for hydroxylation is 1. The summed E-state index contributed by atoms with van der Waals surface area (Å²) in [4.78, 5) is 26.1. The molecule has 1 fully saturated rings. The average molecular weight is 538 g/mol.